The van der Waals surface area contributed by atoms with Crippen LogP contribution in [0.25, 0.3) is 0 Å². The predicted octanol–water partition coefficient (Wildman–Crippen LogP) is 2.93. The number of fused-ring (bicyclic) bond motifs is 1. The molecule has 5 nitrogen and oxygen atoms in total. The molecule has 2 aromatic rings. The van der Waals surface area contributed by atoms with Crippen LogP contribution in [0.5, 0.6) is 0 Å². The fraction of sp³-hybridized carbons (Fsp3) is 0.250. The van der Waals surface area contributed by atoms with E-state index < -0.39 is 0 Å². The molecule has 0 unspecified atom stereocenters. The number of hydrogen-bond donors (Lipinski definition) is 0. The third-order valence-electron chi connectivity index (χ3n) is 4.64. The van der Waals surface area contributed by atoms with Crippen LogP contribution in [0.2, 0.25) is 0 Å². The summed E-state index contributed by atoms with van der Waals surface area (Å²) in [5.74, 6) is -0.487. The maximum atomic E-state index is 12.9. The van der Waals surface area contributed by atoms with Gasteiger partial charge in [0.1, 0.15) is 12.1 Å². The van der Waals surface area contributed by atoms with Gasteiger partial charge in [0.15, 0.2) is 0 Å². The molecule has 5 heteroatoms. The van der Waals surface area contributed by atoms with Gasteiger partial charge >= 0.3 is 5.97 Å². The van der Waals surface area contributed by atoms with Crippen molar-refractivity contribution in [1.82, 2.24) is 5.01 Å². The number of hydrazone groups is 1. The topological polar surface area (TPSA) is 59.0 Å². The highest BCUT2D eigenvalue weighted by Crippen LogP contribution is 2.31. The van der Waals surface area contributed by atoms with Crippen molar-refractivity contribution in [3.05, 3.63) is 71.3 Å². The van der Waals surface area contributed by atoms with Gasteiger partial charge in [0.25, 0.3) is 5.91 Å². The summed E-state index contributed by atoms with van der Waals surface area (Å²) in [5, 5.41) is 6.04. The van der Waals surface area contributed by atoms with Gasteiger partial charge in [-0.1, -0.05) is 48.0 Å². The Labute approximate surface area is 145 Å². The van der Waals surface area contributed by atoms with E-state index in [9.17, 15) is 9.59 Å². The second kappa shape index (κ2) is 6.16. The lowest BCUT2D eigenvalue weighted by molar-refractivity contribution is -0.141. The maximum absolute atomic E-state index is 12.9. The van der Waals surface area contributed by atoms with Crippen molar-refractivity contribution in [2.24, 2.45) is 5.10 Å². The Balaban J connectivity index is 1.73. The molecule has 1 fully saturated rings. The van der Waals surface area contributed by atoms with Crippen molar-refractivity contribution in [3.8, 4) is 0 Å². The summed E-state index contributed by atoms with van der Waals surface area (Å²) in [5.41, 5.74) is 3.41. The van der Waals surface area contributed by atoms with E-state index in [1.165, 1.54) is 5.01 Å². The molecule has 0 N–H and O–H groups in total. The minimum absolute atomic E-state index is 0.188. The summed E-state index contributed by atoms with van der Waals surface area (Å²) in [7, 11) is 0. The zero-order valence-electron chi connectivity index (χ0n) is 13.9. The fourth-order valence-corrected chi connectivity index (χ4v) is 3.29. The van der Waals surface area contributed by atoms with Crippen LogP contribution in [0, 0.1) is 6.92 Å². The summed E-state index contributed by atoms with van der Waals surface area (Å²) >= 11 is 0. The first-order valence-corrected chi connectivity index (χ1v) is 8.34. The highest BCUT2D eigenvalue weighted by atomic mass is 16.6. The van der Waals surface area contributed by atoms with Gasteiger partial charge in [0.2, 0.25) is 0 Å². The van der Waals surface area contributed by atoms with Crippen LogP contribution in [0.4, 0.5) is 0 Å². The molecule has 25 heavy (non-hydrogen) atoms. The molecule has 0 spiro atoms. The van der Waals surface area contributed by atoms with Crippen LogP contribution in [0.3, 0.4) is 0 Å². The number of carbonyl (C=O) groups excluding carboxylic acids is 2. The molecule has 2 aliphatic heterocycles. The predicted molar refractivity (Wildman–Crippen MR) is 93.2 cm³/mol. The molecule has 0 aromatic heterocycles. The second-order valence-electron chi connectivity index (χ2n) is 6.43. The number of benzene rings is 2. The number of ether oxygens (including phenoxy) is 1. The Morgan fingerprint density at radius 3 is 2.52 bits per heavy atom. The molecule has 1 saturated heterocycles. The Bertz CT molecular complexity index is 843. The van der Waals surface area contributed by atoms with E-state index in [0.29, 0.717) is 12.0 Å². The zero-order valence-corrected chi connectivity index (χ0v) is 13.9. The molecule has 0 bridgehead atoms. The summed E-state index contributed by atoms with van der Waals surface area (Å²) in [6.07, 6.45) is 0.375. The van der Waals surface area contributed by atoms with Gasteiger partial charge in [-0.05, 0) is 24.6 Å². The largest absolute Gasteiger partial charge is 0.460 e. The lowest BCUT2D eigenvalue weighted by Crippen LogP contribution is -2.46. The van der Waals surface area contributed by atoms with Gasteiger partial charge in [0.05, 0.1) is 12.1 Å². The molecular formula is C20H18N2O3. The van der Waals surface area contributed by atoms with Crippen molar-refractivity contribution in [2.75, 3.05) is 0 Å². The molecule has 2 aromatic carbocycles. The molecule has 0 radical (unpaired) electrons. The van der Waals surface area contributed by atoms with Gasteiger partial charge in [-0.15, -0.1) is 0 Å². The number of esters is 1. The first-order chi connectivity index (χ1) is 12.1. The van der Waals surface area contributed by atoms with E-state index in [1.807, 2.05) is 49.4 Å². The van der Waals surface area contributed by atoms with Gasteiger partial charge in [-0.3, -0.25) is 9.59 Å². The number of hydrogen-bond acceptors (Lipinski definition) is 4. The molecule has 4 rings (SSSR count). The monoisotopic (exact) mass is 334 g/mol. The summed E-state index contributed by atoms with van der Waals surface area (Å²) in [6.45, 7) is 2.02. The van der Waals surface area contributed by atoms with Crippen LogP contribution in [-0.4, -0.2) is 34.7 Å². The fourth-order valence-electron chi connectivity index (χ4n) is 3.29. The van der Waals surface area contributed by atoms with Gasteiger partial charge in [-0.25, -0.2) is 5.01 Å². The quantitative estimate of drug-likeness (QED) is 0.794. The first kappa shape index (κ1) is 15.6. The molecular weight excluding hydrogens is 316 g/mol. The standard InChI is InChI=1S/C20H18N2O3/c1-13-7-9-14(10-8-13)16-11-18-17(12-19(23)25-18)22(21-16)20(24)15-5-3-2-4-6-15/h2-10,17-18H,11-12H2,1H3/t17-,18-/m1/s1. The van der Waals surface area contributed by atoms with Gasteiger partial charge < -0.3 is 4.74 Å². The van der Waals surface area contributed by atoms with Crippen molar-refractivity contribution in [1.29, 1.82) is 0 Å². The van der Waals surface area contributed by atoms with Crippen LogP contribution < -0.4 is 0 Å². The van der Waals surface area contributed by atoms with Crippen molar-refractivity contribution < 1.29 is 14.3 Å². The van der Waals surface area contributed by atoms with E-state index in [1.54, 1.807) is 12.1 Å². The van der Waals surface area contributed by atoms with Crippen LogP contribution in [-0.2, 0) is 9.53 Å². The molecule has 0 saturated carbocycles. The van der Waals surface area contributed by atoms with E-state index in [-0.39, 0.29) is 30.4 Å². The highest BCUT2D eigenvalue weighted by Gasteiger charge is 2.45. The highest BCUT2D eigenvalue weighted by molar-refractivity contribution is 6.04. The Morgan fingerprint density at radius 2 is 1.80 bits per heavy atom. The van der Waals surface area contributed by atoms with Gasteiger partial charge in [-0.2, -0.15) is 5.10 Å². The Hall–Kier alpha value is -2.95. The van der Waals surface area contributed by atoms with E-state index in [0.717, 1.165) is 16.8 Å². The number of rotatable bonds is 2. The zero-order chi connectivity index (χ0) is 17.4. The molecule has 0 aliphatic carbocycles. The van der Waals surface area contributed by atoms with Crippen LogP contribution >= 0.6 is 0 Å². The lowest BCUT2D eigenvalue weighted by atomic mass is 9.96. The molecule has 126 valence electrons. The van der Waals surface area contributed by atoms with Crippen LogP contribution in [0.15, 0.2) is 59.7 Å². The Morgan fingerprint density at radius 1 is 1.08 bits per heavy atom. The van der Waals surface area contributed by atoms with Gasteiger partial charge in [0, 0.05) is 12.0 Å². The number of carbonyl (C=O) groups is 2. The third kappa shape index (κ3) is 2.93. The average Bonchev–Trinajstić information content (AvgIpc) is 3.01. The second-order valence-corrected chi connectivity index (χ2v) is 6.43. The van der Waals surface area contributed by atoms with Crippen LogP contribution in [0.1, 0.15) is 34.3 Å². The minimum atomic E-state index is -0.339. The average molecular weight is 334 g/mol. The maximum Gasteiger partial charge on any atom is 0.308 e. The number of amides is 1. The number of nitrogens with zero attached hydrogens (tertiary/aromatic N) is 2. The SMILES string of the molecule is Cc1ccc(C2=NN(C(=O)c3ccccc3)[C@@H]3CC(=O)O[C@@H]3C2)cc1. The lowest BCUT2D eigenvalue weighted by Gasteiger charge is -2.32. The summed E-state index contributed by atoms with van der Waals surface area (Å²) < 4.78 is 5.44. The molecule has 2 atom stereocenters. The van der Waals surface area contributed by atoms with E-state index >= 15 is 0 Å². The molecule has 2 heterocycles. The van der Waals surface area contributed by atoms with Crippen molar-refractivity contribution in [2.45, 2.75) is 31.9 Å². The first-order valence-electron chi connectivity index (χ1n) is 8.34. The smallest absolute Gasteiger partial charge is 0.308 e. The van der Waals surface area contributed by atoms with E-state index in [4.69, 9.17) is 4.74 Å². The normalized spacial score (nSPS) is 22.2. The molecule has 2 aliphatic rings. The van der Waals surface area contributed by atoms with Crippen molar-refractivity contribution in [3.63, 3.8) is 0 Å². The van der Waals surface area contributed by atoms with E-state index in [2.05, 4.69) is 5.10 Å². The summed E-state index contributed by atoms with van der Waals surface area (Å²) in [4.78, 5) is 24.7. The Kier molecular flexibility index (Phi) is 3.84. The summed E-state index contributed by atoms with van der Waals surface area (Å²) in [6, 6.07) is 16.6. The number of aryl methyl sites for hydroxylation is 1. The van der Waals surface area contributed by atoms with Crippen molar-refractivity contribution >= 4 is 17.6 Å². The third-order valence-corrected chi connectivity index (χ3v) is 4.64. The molecule has 1 amide bonds. The minimum Gasteiger partial charge on any atom is -0.460 e.